The maximum Gasteiger partial charge on any atom is 0.0640 e. The molecule has 0 saturated heterocycles. The monoisotopic (exact) mass is 930 g/mol. The summed E-state index contributed by atoms with van der Waals surface area (Å²) in [7, 11) is 0. The molecule has 0 saturated carbocycles. The Kier molecular flexibility index (Phi) is 9.23. The van der Waals surface area contributed by atoms with Crippen LogP contribution in [0.15, 0.2) is 224 Å². The molecule has 14 rings (SSSR count). The summed E-state index contributed by atoms with van der Waals surface area (Å²) >= 11 is 3.78. The van der Waals surface area contributed by atoms with E-state index in [0.717, 1.165) is 22.7 Å². The van der Waals surface area contributed by atoms with Crippen LogP contribution in [0.4, 0.5) is 34.1 Å². The Balaban J connectivity index is 0.953. The van der Waals surface area contributed by atoms with Gasteiger partial charge in [-0.05, 0) is 134 Å². The number of anilines is 6. The molecule has 1 aliphatic carbocycles. The van der Waals surface area contributed by atoms with Crippen LogP contribution in [0.3, 0.4) is 0 Å². The Bertz CT molecular complexity index is 4220. The van der Waals surface area contributed by atoms with Crippen LogP contribution in [-0.4, -0.2) is 0 Å². The van der Waals surface area contributed by atoms with Gasteiger partial charge in [-0.1, -0.05) is 172 Å². The fourth-order valence-corrected chi connectivity index (χ4v) is 14.3. The van der Waals surface area contributed by atoms with Crippen LogP contribution < -0.4 is 9.80 Å². The molecule has 0 bridgehead atoms. The third kappa shape index (κ3) is 6.10. The minimum absolute atomic E-state index is 0.293. The third-order valence-electron chi connectivity index (χ3n) is 15.0. The highest BCUT2D eigenvalue weighted by molar-refractivity contribution is 7.27. The number of benzene rings is 11. The van der Waals surface area contributed by atoms with Crippen molar-refractivity contribution in [2.45, 2.75) is 26.2 Å². The van der Waals surface area contributed by atoms with E-state index in [1.807, 2.05) is 22.7 Å². The van der Waals surface area contributed by atoms with Crippen LogP contribution in [0, 0.1) is 6.92 Å². The Morgan fingerprint density at radius 3 is 1.61 bits per heavy atom. The van der Waals surface area contributed by atoms with E-state index in [0.29, 0.717) is 0 Å². The first-order valence-corrected chi connectivity index (χ1v) is 25.8. The highest BCUT2D eigenvalue weighted by atomic mass is 32.1. The van der Waals surface area contributed by atoms with Gasteiger partial charge in [0, 0.05) is 59.1 Å². The third-order valence-corrected chi connectivity index (χ3v) is 17.5. The predicted molar refractivity (Wildman–Crippen MR) is 304 cm³/mol. The number of hydrogen-bond acceptors (Lipinski definition) is 4. The number of nitrogens with zero attached hydrogens (tertiary/aromatic N) is 2. The van der Waals surface area contributed by atoms with E-state index in [1.54, 1.807) is 0 Å². The molecule has 13 aromatic rings. The van der Waals surface area contributed by atoms with Crippen LogP contribution in [-0.2, 0) is 5.41 Å². The standard InChI is InChI=1S/C66H46N2S2/c1-41-47-37-35-45(67(43-21-9-5-10-22-43)58-32-17-29-51-49-25-13-14-34-60(49)69-64(51)58)39-55(47)50-27-16-31-56-62(50)61(41)54-38-36-46(40-57(54)66(56,2)3)68(44-23-11-6-12-24-44)59-33-18-30-53-52-28-15-26-48(63(52)70-65(53)59)42-19-7-4-8-20-42/h4-40H,1-3H3. The normalized spacial score (nSPS) is 12.9. The molecule has 0 spiro atoms. The number of fused-ring (bicyclic) bond motifs is 10. The molecule has 2 heterocycles. The van der Waals surface area contributed by atoms with Crippen molar-refractivity contribution < 1.29 is 0 Å². The lowest BCUT2D eigenvalue weighted by Gasteiger charge is -2.38. The SMILES string of the molecule is Cc1c2c3c(cccc3c3cc(N(c4ccccc4)c4cccc5c4sc4ccccc45)ccc13)C(C)(C)c1cc(N(c3ccccc3)c3cccc4c3sc3c(-c5ccccc5)cccc34)ccc1-2. The highest BCUT2D eigenvalue weighted by Gasteiger charge is 2.36. The van der Waals surface area contributed by atoms with Crippen molar-refractivity contribution in [3.63, 3.8) is 0 Å². The van der Waals surface area contributed by atoms with Gasteiger partial charge < -0.3 is 9.80 Å². The van der Waals surface area contributed by atoms with Crippen molar-refractivity contribution in [2.75, 3.05) is 9.80 Å². The van der Waals surface area contributed by atoms with E-state index in [4.69, 9.17) is 0 Å². The molecule has 2 aromatic heterocycles. The first-order valence-electron chi connectivity index (χ1n) is 24.2. The van der Waals surface area contributed by atoms with E-state index < -0.39 is 0 Å². The van der Waals surface area contributed by atoms with Gasteiger partial charge in [0.1, 0.15) is 0 Å². The average Bonchev–Trinajstić information content (AvgIpc) is 3.99. The van der Waals surface area contributed by atoms with Crippen LogP contribution >= 0.6 is 22.7 Å². The molecule has 0 aliphatic heterocycles. The fraction of sp³-hybridized carbons (Fsp3) is 0.0606. The van der Waals surface area contributed by atoms with Gasteiger partial charge in [0.25, 0.3) is 0 Å². The van der Waals surface area contributed by atoms with Crippen molar-refractivity contribution in [3.8, 4) is 22.3 Å². The van der Waals surface area contributed by atoms with Crippen LogP contribution in [0.5, 0.6) is 0 Å². The zero-order valence-corrected chi connectivity index (χ0v) is 40.7. The van der Waals surface area contributed by atoms with Gasteiger partial charge in [0.05, 0.1) is 20.8 Å². The van der Waals surface area contributed by atoms with E-state index in [-0.39, 0.29) is 5.41 Å². The molecule has 0 unspecified atom stereocenters. The van der Waals surface area contributed by atoms with E-state index >= 15 is 0 Å². The first-order chi connectivity index (χ1) is 34.4. The molecule has 11 aromatic carbocycles. The smallest absolute Gasteiger partial charge is 0.0640 e. The number of rotatable bonds is 7. The van der Waals surface area contributed by atoms with Crippen LogP contribution in [0.1, 0.15) is 30.5 Å². The predicted octanol–water partition coefficient (Wildman–Crippen LogP) is 20.0. The number of thiophene rings is 2. The van der Waals surface area contributed by atoms with E-state index in [2.05, 4.69) is 255 Å². The molecule has 0 fully saturated rings. The summed E-state index contributed by atoms with van der Waals surface area (Å²) in [5.74, 6) is 0. The van der Waals surface area contributed by atoms with E-state index in [1.165, 1.54) is 112 Å². The second-order valence-electron chi connectivity index (χ2n) is 19.2. The minimum atomic E-state index is -0.293. The first kappa shape index (κ1) is 41.0. The van der Waals surface area contributed by atoms with Crippen molar-refractivity contribution >= 4 is 119 Å². The molecule has 2 nitrogen and oxygen atoms in total. The van der Waals surface area contributed by atoms with Gasteiger partial charge in [-0.2, -0.15) is 0 Å². The van der Waals surface area contributed by atoms with Gasteiger partial charge in [-0.25, -0.2) is 0 Å². The van der Waals surface area contributed by atoms with Gasteiger partial charge in [0.2, 0.25) is 0 Å². The average molecular weight is 931 g/mol. The Labute approximate surface area is 415 Å². The van der Waals surface area contributed by atoms with Gasteiger partial charge in [-0.3, -0.25) is 0 Å². The van der Waals surface area contributed by atoms with Gasteiger partial charge >= 0.3 is 0 Å². The molecule has 0 N–H and O–H groups in total. The van der Waals surface area contributed by atoms with Crippen LogP contribution in [0.2, 0.25) is 0 Å². The largest absolute Gasteiger partial charge is 0.309 e. The number of hydrogen-bond donors (Lipinski definition) is 0. The summed E-state index contributed by atoms with van der Waals surface area (Å²) in [4.78, 5) is 4.95. The summed E-state index contributed by atoms with van der Waals surface area (Å²) in [6, 6.07) is 83.2. The van der Waals surface area contributed by atoms with Gasteiger partial charge in [-0.15, -0.1) is 22.7 Å². The number of aryl methyl sites for hydroxylation is 1. The van der Waals surface area contributed by atoms with Crippen molar-refractivity contribution in [2.24, 2.45) is 0 Å². The maximum absolute atomic E-state index is 2.49. The number of para-hydroxylation sites is 2. The summed E-state index contributed by atoms with van der Waals surface area (Å²) < 4.78 is 5.20. The molecule has 4 heteroatoms. The fourth-order valence-electron chi connectivity index (χ4n) is 11.7. The van der Waals surface area contributed by atoms with Crippen molar-refractivity contribution in [1.29, 1.82) is 0 Å². The Morgan fingerprint density at radius 1 is 0.357 bits per heavy atom. The molecule has 1 aliphatic rings. The molecule has 0 amide bonds. The Morgan fingerprint density at radius 2 is 0.900 bits per heavy atom. The zero-order chi connectivity index (χ0) is 46.7. The topological polar surface area (TPSA) is 6.48 Å². The quantitative estimate of drug-likeness (QED) is 0.147. The van der Waals surface area contributed by atoms with Crippen LogP contribution in [0.25, 0.3) is 84.1 Å². The highest BCUT2D eigenvalue weighted by Crippen LogP contribution is 2.55. The second-order valence-corrected chi connectivity index (χ2v) is 21.3. The lowest BCUT2D eigenvalue weighted by Crippen LogP contribution is -2.25. The molecular weight excluding hydrogens is 885 g/mol. The van der Waals surface area contributed by atoms with Crippen molar-refractivity contribution in [1.82, 2.24) is 0 Å². The Hall–Kier alpha value is -8.02. The lowest BCUT2D eigenvalue weighted by atomic mass is 9.67. The molecule has 332 valence electrons. The second kappa shape index (κ2) is 15.8. The molecular formula is C66H46N2S2. The zero-order valence-electron chi connectivity index (χ0n) is 39.1. The summed E-state index contributed by atoms with van der Waals surface area (Å²) in [6.07, 6.45) is 0. The lowest BCUT2D eigenvalue weighted by molar-refractivity contribution is 0.645. The molecule has 0 radical (unpaired) electrons. The van der Waals surface area contributed by atoms with E-state index in [9.17, 15) is 0 Å². The van der Waals surface area contributed by atoms with Gasteiger partial charge in [0.15, 0.2) is 0 Å². The van der Waals surface area contributed by atoms with Crippen molar-refractivity contribution in [3.05, 3.63) is 241 Å². The summed E-state index contributed by atoms with van der Waals surface area (Å²) in [6.45, 7) is 7.20. The molecule has 0 atom stereocenters. The summed E-state index contributed by atoms with van der Waals surface area (Å²) in [5.41, 5.74) is 15.8. The molecule has 70 heavy (non-hydrogen) atoms. The summed E-state index contributed by atoms with van der Waals surface area (Å²) in [5, 5.41) is 10.4. The minimum Gasteiger partial charge on any atom is -0.309 e. The maximum atomic E-state index is 2.49.